The highest BCUT2D eigenvalue weighted by molar-refractivity contribution is 7.99. The van der Waals surface area contributed by atoms with Gasteiger partial charge in [0.25, 0.3) is 5.76 Å². The molecule has 22 heavy (non-hydrogen) atoms. The first-order chi connectivity index (χ1) is 10.6. The highest BCUT2D eigenvalue weighted by Crippen LogP contribution is 2.26. The molecule has 0 radical (unpaired) electrons. The molecular formula is C16H22F2N2S2. The lowest BCUT2D eigenvalue weighted by Gasteiger charge is -2.22. The molecule has 0 spiro atoms. The molecule has 1 saturated carbocycles. The van der Waals surface area contributed by atoms with Gasteiger partial charge in [-0.05, 0) is 49.3 Å². The maximum absolute atomic E-state index is 12.3. The summed E-state index contributed by atoms with van der Waals surface area (Å²) in [6.07, 6.45) is 8.78. The van der Waals surface area contributed by atoms with Crippen LogP contribution in [0, 0.1) is 0 Å². The minimum atomic E-state index is -2.39. The van der Waals surface area contributed by atoms with Gasteiger partial charge in [-0.3, -0.25) is 0 Å². The Balaban J connectivity index is 1.80. The summed E-state index contributed by atoms with van der Waals surface area (Å²) in [5.74, 6) is -2.39. The van der Waals surface area contributed by atoms with Crippen molar-refractivity contribution in [3.63, 3.8) is 0 Å². The lowest BCUT2D eigenvalue weighted by atomic mass is 9.97. The van der Waals surface area contributed by atoms with E-state index in [-0.39, 0.29) is 0 Å². The average molecular weight is 344 g/mol. The molecule has 0 heterocycles. The zero-order chi connectivity index (χ0) is 15.8. The summed E-state index contributed by atoms with van der Waals surface area (Å²) < 4.78 is 24.5. The van der Waals surface area contributed by atoms with Crippen LogP contribution in [0.4, 0.5) is 14.5 Å². The van der Waals surface area contributed by atoms with E-state index in [1.807, 2.05) is 0 Å². The first kappa shape index (κ1) is 17.5. The molecule has 122 valence electrons. The van der Waals surface area contributed by atoms with Crippen molar-refractivity contribution in [2.75, 3.05) is 5.32 Å². The van der Waals surface area contributed by atoms with Gasteiger partial charge < -0.3 is 10.6 Å². The smallest absolute Gasteiger partial charge is 0.288 e. The van der Waals surface area contributed by atoms with E-state index in [1.54, 1.807) is 24.3 Å². The van der Waals surface area contributed by atoms with Gasteiger partial charge in [-0.1, -0.05) is 43.9 Å². The number of hydrogen-bond acceptors (Lipinski definition) is 2. The van der Waals surface area contributed by atoms with Crippen LogP contribution in [0.1, 0.15) is 44.9 Å². The number of thioether (sulfide) groups is 1. The molecule has 0 amide bonds. The second kappa shape index (κ2) is 9.30. The number of thiocarbonyl (C=S) groups is 1. The SMILES string of the molecule is FC(F)Sc1ccc(NC(=S)NC2CCCCCCC2)cc1. The largest absolute Gasteiger partial charge is 0.360 e. The zero-order valence-electron chi connectivity index (χ0n) is 12.5. The molecule has 0 unspecified atom stereocenters. The first-order valence-corrected chi connectivity index (χ1v) is 9.04. The van der Waals surface area contributed by atoms with E-state index in [9.17, 15) is 8.78 Å². The summed E-state index contributed by atoms with van der Waals surface area (Å²) in [5, 5.41) is 7.12. The van der Waals surface area contributed by atoms with Crippen molar-refractivity contribution in [2.24, 2.45) is 0 Å². The van der Waals surface area contributed by atoms with Crippen LogP contribution in [0.2, 0.25) is 0 Å². The average Bonchev–Trinajstić information content (AvgIpc) is 2.43. The maximum atomic E-state index is 12.3. The van der Waals surface area contributed by atoms with Gasteiger partial charge in [0.05, 0.1) is 0 Å². The van der Waals surface area contributed by atoms with Crippen LogP contribution in [0.15, 0.2) is 29.2 Å². The van der Waals surface area contributed by atoms with Crippen LogP contribution in [0.5, 0.6) is 0 Å². The van der Waals surface area contributed by atoms with Gasteiger partial charge >= 0.3 is 0 Å². The monoisotopic (exact) mass is 344 g/mol. The Hall–Kier alpha value is -0.880. The minimum Gasteiger partial charge on any atom is -0.360 e. The minimum absolute atomic E-state index is 0.439. The van der Waals surface area contributed by atoms with E-state index < -0.39 is 5.76 Å². The summed E-state index contributed by atoms with van der Waals surface area (Å²) >= 11 is 5.90. The summed E-state index contributed by atoms with van der Waals surface area (Å²) in [6, 6.07) is 7.34. The van der Waals surface area contributed by atoms with Gasteiger partial charge in [-0.25, -0.2) is 0 Å². The van der Waals surface area contributed by atoms with E-state index >= 15 is 0 Å². The Bertz CT molecular complexity index is 458. The third-order valence-electron chi connectivity index (χ3n) is 3.78. The molecule has 1 fully saturated rings. The second-order valence-corrected chi connectivity index (χ2v) is 7.02. The number of halogens is 2. The van der Waals surface area contributed by atoms with Crippen molar-refractivity contribution in [1.29, 1.82) is 0 Å². The standard InChI is InChI=1S/C16H22F2N2S2/c17-15(18)22-14-10-8-13(9-11-14)20-16(21)19-12-6-4-2-1-3-5-7-12/h8-12,15H,1-7H2,(H2,19,20,21). The fraction of sp³-hybridized carbons (Fsp3) is 0.562. The van der Waals surface area contributed by atoms with Crippen molar-refractivity contribution < 1.29 is 8.78 Å². The molecule has 1 aromatic rings. The molecule has 2 N–H and O–H groups in total. The van der Waals surface area contributed by atoms with E-state index in [2.05, 4.69) is 10.6 Å². The van der Waals surface area contributed by atoms with Crippen LogP contribution in [0.25, 0.3) is 0 Å². The van der Waals surface area contributed by atoms with E-state index in [0.29, 0.717) is 27.8 Å². The highest BCUT2D eigenvalue weighted by atomic mass is 32.2. The molecular weight excluding hydrogens is 322 g/mol. The van der Waals surface area contributed by atoms with E-state index in [1.165, 1.54) is 32.1 Å². The van der Waals surface area contributed by atoms with Crippen LogP contribution in [0.3, 0.4) is 0 Å². The number of rotatable bonds is 4. The summed E-state index contributed by atoms with van der Waals surface area (Å²) in [5.41, 5.74) is 0.821. The van der Waals surface area contributed by atoms with Gasteiger partial charge in [-0.15, -0.1) is 0 Å². The molecule has 0 bridgehead atoms. The molecule has 1 aliphatic rings. The van der Waals surface area contributed by atoms with Gasteiger partial charge in [0, 0.05) is 16.6 Å². The van der Waals surface area contributed by atoms with Crippen molar-refractivity contribution in [3.05, 3.63) is 24.3 Å². The Morgan fingerprint density at radius 3 is 2.23 bits per heavy atom. The Morgan fingerprint density at radius 1 is 1.05 bits per heavy atom. The van der Waals surface area contributed by atoms with E-state index in [0.717, 1.165) is 18.5 Å². The molecule has 2 rings (SSSR count). The van der Waals surface area contributed by atoms with E-state index in [4.69, 9.17) is 12.2 Å². The predicted octanol–water partition coefficient (Wildman–Crippen LogP) is 5.40. The van der Waals surface area contributed by atoms with Crippen LogP contribution >= 0.6 is 24.0 Å². The molecule has 2 nitrogen and oxygen atoms in total. The number of alkyl halides is 2. The Kier molecular flexibility index (Phi) is 7.39. The molecule has 1 aliphatic carbocycles. The van der Waals surface area contributed by atoms with Crippen LogP contribution in [-0.4, -0.2) is 16.9 Å². The fourth-order valence-corrected chi connectivity index (χ4v) is 3.46. The Morgan fingerprint density at radius 2 is 1.64 bits per heavy atom. The zero-order valence-corrected chi connectivity index (χ0v) is 14.1. The molecule has 0 atom stereocenters. The second-order valence-electron chi connectivity index (χ2n) is 5.54. The summed E-state index contributed by atoms with van der Waals surface area (Å²) in [7, 11) is 0. The van der Waals surface area contributed by atoms with Gasteiger partial charge in [0.1, 0.15) is 0 Å². The number of hydrogen-bond donors (Lipinski definition) is 2. The molecule has 1 aromatic carbocycles. The third-order valence-corrected chi connectivity index (χ3v) is 4.72. The van der Waals surface area contributed by atoms with Crippen molar-refractivity contribution >= 4 is 34.8 Å². The first-order valence-electron chi connectivity index (χ1n) is 7.76. The molecule has 6 heteroatoms. The lowest BCUT2D eigenvalue weighted by molar-refractivity contribution is 0.252. The van der Waals surface area contributed by atoms with Crippen molar-refractivity contribution in [3.8, 4) is 0 Å². The fourth-order valence-electron chi connectivity index (χ4n) is 2.67. The number of nitrogens with one attached hydrogen (secondary N) is 2. The molecule has 0 aromatic heterocycles. The normalized spacial score (nSPS) is 16.9. The van der Waals surface area contributed by atoms with Crippen LogP contribution < -0.4 is 10.6 Å². The van der Waals surface area contributed by atoms with Crippen molar-refractivity contribution in [1.82, 2.24) is 5.32 Å². The Labute approximate surface area is 140 Å². The molecule has 0 saturated heterocycles. The summed E-state index contributed by atoms with van der Waals surface area (Å²) in [6.45, 7) is 0. The predicted molar refractivity (Wildman–Crippen MR) is 93.8 cm³/mol. The van der Waals surface area contributed by atoms with Crippen molar-refractivity contribution in [2.45, 2.75) is 61.6 Å². The van der Waals surface area contributed by atoms with Gasteiger partial charge in [0.2, 0.25) is 0 Å². The summed E-state index contributed by atoms with van der Waals surface area (Å²) in [4.78, 5) is 0.555. The van der Waals surface area contributed by atoms with Crippen LogP contribution in [-0.2, 0) is 0 Å². The maximum Gasteiger partial charge on any atom is 0.288 e. The topological polar surface area (TPSA) is 24.1 Å². The van der Waals surface area contributed by atoms with Gasteiger partial charge in [-0.2, -0.15) is 8.78 Å². The highest BCUT2D eigenvalue weighted by Gasteiger charge is 2.12. The number of benzene rings is 1. The quantitative estimate of drug-likeness (QED) is 0.564. The third kappa shape index (κ3) is 6.48. The molecule has 0 aliphatic heterocycles. The van der Waals surface area contributed by atoms with Gasteiger partial charge in [0.15, 0.2) is 5.11 Å². The lowest BCUT2D eigenvalue weighted by Crippen LogP contribution is -2.38. The number of anilines is 1.